The molecule has 0 amide bonds. The summed E-state index contributed by atoms with van der Waals surface area (Å²) in [5.41, 5.74) is 1.05. The molecule has 1 aliphatic rings. The van der Waals surface area contributed by atoms with E-state index in [4.69, 9.17) is 14.2 Å². The maximum absolute atomic E-state index is 11.0. The second kappa shape index (κ2) is 4.97. The van der Waals surface area contributed by atoms with E-state index in [0.717, 1.165) is 0 Å². The quantitative estimate of drug-likeness (QED) is 0.471. The predicted octanol–water partition coefficient (Wildman–Crippen LogP) is 1.86. The fourth-order valence-corrected chi connectivity index (χ4v) is 1.69. The van der Waals surface area contributed by atoms with Gasteiger partial charge in [0.2, 0.25) is 0 Å². The summed E-state index contributed by atoms with van der Waals surface area (Å²) in [5.74, 6) is -0.524. The van der Waals surface area contributed by atoms with Crippen LogP contribution in [0.5, 0.6) is 5.75 Å². The van der Waals surface area contributed by atoms with Gasteiger partial charge in [0.05, 0.1) is 13.2 Å². The highest BCUT2D eigenvalue weighted by atomic mass is 16.7. The van der Waals surface area contributed by atoms with E-state index in [0.29, 0.717) is 16.9 Å². The summed E-state index contributed by atoms with van der Waals surface area (Å²) in [6.07, 6.45) is 0.140. The predicted molar refractivity (Wildman–Crippen MR) is 63.6 cm³/mol. The molecule has 1 aromatic carbocycles. The number of methoxy groups -OCH3 is 1. The van der Waals surface area contributed by atoms with Gasteiger partial charge < -0.3 is 14.2 Å². The number of benzene rings is 1. The van der Waals surface area contributed by atoms with Gasteiger partial charge in [0, 0.05) is 12.5 Å². The van der Waals surface area contributed by atoms with Gasteiger partial charge in [0.25, 0.3) is 6.29 Å². The molecule has 1 heterocycles. The largest absolute Gasteiger partial charge is 0.497 e. The van der Waals surface area contributed by atoms with Crippen LogP contribution in [0.2, 0.25) is 0 Å². The number of hydrogen-bond acceptors (Lipinski definition) is 6. The average Bonchev–Trinajstić information content (AvgIpc) is 2.37. The molecule has 0 aliphatic carbocycles. The Morgan fingerprint density at radius 1 is 1.47 bits per heavy atom. The molecule has 0 saturated heterocycles. The van der Waals surface area contributed by atoms with Crippen LogP contribution < -0.4 is 4.74 Å². The molecule has 0 aromatic heterocycles. The molecule has 7 nitrogen and oxygen atoms in total. The van der Waals surface area contributed by atoms with Crippen LogP contribution in [0.25, 0.3) is 6.08 Å². The summed E-state index contributed by atoms with van der Waals surface area (Å²) in [4.78, 5) is 21.1. The van der Waals surface area contributed by atoms with Crippen molar-refractivity contribution < 1.29 is 23.9 Å². The number of fused-ring (bicyclic) bond motifs is 1. The topological polar surface area (TPSA) is 87.9 Å². The van der Waals surface area contributed by atoms with Gasteiger partial charge in [-0.2, -0.15) is 0 Å². The molecule has 1 aliphatic heterocycles. The van der Waals surface area contributed by atoms with Gasteiger partial charge in [-0.3, -0.25) is 14.9 Å². The maximum Gasteiger partial charge on any atom is 0.431 e. The molecule has 0 spiro atoms. The summed E-state index contributed by atoms with van der Waals surface area (Å²) in [6, 6.07) is 4.90. The van der Waals surface area contributed by atoms with E-state index in [1.807, 2.05) is 0 Å². The number of rotatable bonds is 3. The second-order valence-corrected chi connectivity index (χ2v) is 3.79. The fraction of sp³-hybridized carbons (Fsp3) is 0.250. The van der Waals surface area contributed by atoms with Crippen molar-refractivity contribution in [1.82, 2.24) is 0 Å². The number of nitro groups is 1. The summed E-state index contributed by atoms with van der Waals surface area (Å²) in [6.45, 7) is 1.21. The van der Waals surface area contributed by atoms with Crippen LogP contribution in [0.15, 0.2) is 24.1 Å². The van der Waals surface area contributed by atoms with Crippen LogP contribution >= 0.6 is 0 Å². The van der Waals surface area contributed by atoms with E-state index in [9.17, 15) is 14.9 Å². The Morgan fingerprint density at radius 3 is 2.79 bits per heavy atom. The van der Waals surface area contributed by atoms with Crippen LogP contribution in [0.3, 0.4) is 0 Å². The third-order valence-corrected chi connectivity index (χ3v) is 2.51. The van der Waals surface area contributed by atoms with Crippen LogP contribution in [-0.2, 0) is 14.3 Å². The minimum atomic E-state index is -1.12. The lowest BCUT2D eigenvalue weighted by Crippen LogP contribution is -2.19. The molecule has 2 rings (SSSR count). The molecule has 0 fully saturated rings. The SMILES string of the molecule is COc1ccc2c(c1)C=C([N+](=O)[O-])O[C@@H]2OC(C)=O. The Labute approximate surface area is 108 Å². The molecule has 0 radical (unpaired) electrons. The number of carbonyl (C=O) groups excluding carboxylic acids is 1. The van der Waals surface area contributed by atoms with Gasteiger partial charge in [0.15, 0.2) is 0 Å². The van der Waals surface area contributed by atoms with Crippen molar-refractivity contribution in [3.63, 3.8) is 0 Å². The first-order chi connectivity index (χ1) is 9.01. The van der Waals surface area contributed by atoms with Gasteiger partial charge in [0.1, 0.15) is 10.7 Å². The summed E-state index contributed by atoms with van der Waals surface area (Å²) in [7, 11) is 1.49. The Balaban J connectivity index is 2.46. The average molecular weight is 265 g/mol. The zero-order valence-corrected chi connectivity index (χ0v) is 10.3. The van der Waals surface area contributed by atoms with Crippen molar-refractivity contribution in [3.8, 4) is 5.75 Å². The van der Waals surface area contributed by atoms with E-state index in [1.165, 1.54) is 20.1 Å². The Bertz CT molecular complexity index is 565. The van der Waals surface area contributed by atoms with Gasteiger partial charge in [-0.15, -0.1) is 0 Å². The van der Waals surface area contributed by atoms with E-state index >= 15 is 0 Å². The van der Waals surface area contributed by atoms with Gasteiger partial charge in [-0.1, -0.05) is 0 Å². The van der Waals surface area contributed by atoms with Crippen molar-refractivity contribution in [2.24, 2.45) is 0 Å². The lowest BCUT2D eigenvalue weighted by Gasteiger charge is -2.22. The van der Waals surface area contributed by atoms with Crippen molar-refractivity contribution in [1.29, 1.82) is 0 Å². The van der Waals surface area contributed by atoms with E-state index in [1.54, 1.807) is 18.2 Å². The van der Waals surface area contributed by atoms with Crippen molar-refractivity contribution in [2.75, 3.05) is 7.11 Å². The zero-order chi connectivity index (χ0) is 14.0. The van der Waals surface area contributed by atoms with Crippen LogP contribution in [0.4, 0.5) is 0 Å². The zero-order valence-electron chi connectivity index (χ0n) is 10.3. The Morgan fingerprint density at radius 2 is 2.21 bits per heavy atom. The van der Waals surface area contributed by atoms with E-state index < -0.39 is 23.1 Å². The molecular formula is C12H11NO6. The molecule has 19 heavy (non-hydrogen) atoms. The number of carbonyl (C=O) groups is 1. The minimum absolute atomic E-state index is 0.480. The first kappa shape index (κ1) is 12.9. The molecular weight excluding hydrogens is 254 g/mol. The number of nitrogens with zero attached hydrogens (tertiary/aromatic N) is 1. The highest BCUT2D eigenvalue weighted by molar-refractivity contribution is 5.67. The number of ether oxygens (including phenoxy) is 3. The van der Waals surface area contributed by atoms with Crippen molar-refractivity contribution >= 4 is 12.0 Å². The van der Waals surface area contributed by atoms with E-state index in [-0.39, 0.29) is 0 Å². The Kier molecular flexibility index (Phi) is 3.37. The molecule has 0 bridgehead atoms. The van der Waals surface area contributed by atoms with Crippen molar-refractivity contribution in [2.45, 2.75) is 13.2 Å². The molecule has 0 unspecified atom stereocenters. The van der Waals surface area contributed by atoms with Crippen LogP contribution in [0.1, 0.15) is 24.3 Å². The molecule has 0 N–H and O–H groups in total. The van der Waals surface area contributed by atoms with E-state index in [2.05, 4.69) is 0 Å². The maximum atomic E-state index is 11.0. The van der Waals surface area contributed by atoms with Gasteiger partial charge >= 0.3 is 11.9 Å². The third kappa shape index (κ3) is 2.65. The summed E-state index contributed by atoms with van der Waals surface area (Å²) < 4.78 is 15.0. The molecule has 1 atom stereocenters. The fourth-order valence-electron chi connectivity index (χ4n) is 1.69. The molecule has 100 valence electrons. The van der Waals surface area contributed by atoms with Crippen molar-refractivity contribution in [3.05, 3.63) is 45.3 Å². The minimum Gasteiger partial charge on any atom is -0.497 e. The first-order valence-electron chi connectivity index (χ1n) is 5.39. The standard InChI is InChI=1S/C12H11NO6/c1-7(14)18-12-10-4-3-9(17-2)5-8(10)6-11(19-12)13(15)16/h3-6,12H,1-2H3/t12-/m0/s1. The Hall–Kier alpha value is -2.57. The second-order valence-electron chi connectivity index (χ2n) is 3.79. The van der Waals surface area contributed by atoms with Crippen LogP contribution in [0, 0.1) is 10.1 Å². The smallest absolute Gasteiger partial charge is 0.431 e. The lowest BCUT2D eigenvalue weighted by atomic mass is 10.0. The summed E-state index contributed by atoms with van der Waals surface area (Å²) in [5, 5.41) is 10.8. The van der Waals surface area contributed by atoms with Gasteiger partial charge in [-0.05, 0) is 23.8 Å². The van der Waals surface area contributed by atoms with Gasteiger partial charge in [-0.25, -0.2) is 0 Å². The third-order valence-electron chi connectivity index (χ3n) is 2.51. The molecule has 7 heteroatoms. The number of esters is 1. The highest BCUT2D eigenvalue weighted by Crippen LogP contribution is 2.34. The number of hydrogen-bond donors (Lipinski definition) is 0. The summed E-state index contributed by atoms with van der Waals surface area (Å²) >= 11 is 0. The normalized spacial score (nSPS) is 16.7. The first-order valence-corrected chi connectivity index (χ1v) is 5.39. The highest BCUT2D eigenvalue weighted by Gasteiger charge is 2.31. The monoisotopic (exact) mass is 265 g/mol. The molecule has 0 saturated carbocycles. The molecule has 1 aromatic rings. The lowest BCUT2D eigenvalue weighted by molar-refractivity contribution is -0.472. The van der Waals surface area contributed by atoms with Crippen LogP contribution in [-0.4, -0.2) is 18.0 Å².